The summed E-state index contributed by atoms with van der Waals surface area (Å²) in [6.45, 7) is 7.30. The van der Waals surface area contributed by atoms with Gasteiger partial charge in [0.15, 0.2) is 0 Å². The van der Waals surface area contributed by atoms with Gasteiger partial charge in [-0.15, -0.1) is 11.3 Å². The highest BCUT2D eigenvalue weighted by molar-refractivity contribution is 7.16. The zero-order valence-corrected chi connectivity index (χ0v) is 10.7. The van der Waals surface area contributed by atoms with E-state index in [0.29, 0.717) is 10.6 Å². The van der Waals surface area contributed by atoms with E-state index in [1.165, 1.54) is 11.3 Å². The van der Waals surface area contributed by atoms with Crippen molar-refractivity contribution < 1.29 is 9.59 Å². The van der Waals surface area contributed by atoms with Gasteiger partial charge in [-0.1, -0.05) is 20.8 Å². The zero-order valence-electron chi connectivity index (χ0n) is 9.88. The van der Waals surface area contributed by atoms with Crippen LogP contribution in [0, 0.1) is 12.3 Å². The molecule has 0 radical (unpaired) electrons. The first-order valence-corrected chi connectivity index (χ1v) is 5.75. The number of hydrogen-bond donors (Lipinski definition) is 2. The molecule has 0 aliphatic carbocycles. The van der Waals surface area contributed by atoms with E-state index in [2.05, 4.69) is 5.32 Å². The molecule has 1 aromatic rings. The van der Waals surface area contributed by atoms with Gasteiger partial charge in [0, 0.05) is 10.3 Å². The molecule has 3 N–H and O–H groups in total. The third-order valence-electron chi connectivity index (χ3n) is 2.03. The van der Waals surface area contributed by atoms with E-state index in [1.54, 1.807) is 6.07 Å². The highest BCUT2D eigenvalue weighted by Gasteiger charge is 2.23. The predicted molar refractivity (Wildman–Crippen MR) is 65.7 cm³/mol. The van der Waals surface area contributed by atoms with Crippen molar-refractivity contribution in [3.63, 3.8) is 0 Å². The molecule has 0 atom stereocenters. The molecule has 0 saturated carbocycles. The quantitative estimate of drug-likeness (QED) is 0.831. The van der Waals surface area contributed by atoms with Gasteiger partial charge < -0.3 is 11.1 Å². The third-order valence-corrected chi connectivity index (χ3v) is 2.99. The Morgan fingerprint density at radius 1 is 1.38 bits per heavy atom. The number of aryl methyl sites for hydroxylation is 1. The van der Waals surface area contributed by atoms with Gasteiger partial charge in [0.1, 0.15) is 5.00 Å². The Hall–Kier alpha value is -1.36. The van der Waals surface area contributed by atoms with Gasteiger partial charge in [-0.2, -0.15) is 0 Å². The Labute approximate surface area is 98.8 Å². The maximum absolute atomic E-state index is 11.8. The van der Waals surface area contributed by atoms with E-state index in [1.807, 2.05) is 27.7 Å². The van der Waals surface area contributed by atoms with E-state index in [4.69, 9.17) is 5.73 Å². The normalized spacial score (nSPS) is 11.2. The molecule has 0 fully saturated rings. The molecular formula is C11H16N2O2S. The van der Waals surface area contributed by atoms with E-state index >= 15 is 0 Å². The molecule has 0 aliphatic rings. The van der Waals surface area contributed by atoms with Crippen LogP contribution in [0.1, 0.15) is 36.0 Å². The number of anilines is 1. The van der Waals surface area contributed by atoms with Crippen LogP contribution in [-0.2, 0) is 4.79 Å². The molecule has 0 spiro atoms. The summed E-state index contributed by atoms with van der Waals surface area (Å²) in [5.41, 5.74) is 5.11. The lowest BCUT2D eigenvalue weighted by atomic mass is 9.96. The Morgan fingerprint density at radius 2 is 1.94 bits per heavy atom. The number of thiophene rings is 1. The zero-order chi connectivity index (χ0) is 12.5. The topological polar surface area (TPSA) is 72.2 Å². The fourth-order valence-electron chi connectivity index (χ4n) is 1.08. The number of carbonyl (C=O) groups excluding carboxylic acids is 2. The number of hydrogen-bond acceptors (Lipinski definition) is 3. The van der Waals surface area contributed by atoms with Crippen LogP contribution in [0.2, 0.25) is 0 Å². The van der Waals surface area contributed by atoms with Crippen molar-refractivity contribution in [1.29, 1.82) is 0 Å². The SMILES string of the molecule is Cc1cc(C(N)=O)c(NC(=O)C(C)(C)C)s1. The van der Waals surface area contributed by atoms with E-state index in [-0.39, 0.29) is 5.91 Å². The number of primary amides is 1. The van der Waals surface area contributed by atoms with Crippen molar-refractivity contribution in [2.75, 3.05) is 5.32 Å². The Morgan fingerprint density at radius 3 is 2.38 bits per heavy atom. The van der Waals surface area contributed by atoms with Crippen LogP contribution >= 0.6 is 11.3 Å². The number of rotatable bonds is 2. The average Bonchev–Trinajstić information content (AvgIpc) is 2.45. The Bertz CT molecular complexity index is 430. The van der Waals surface area contributed by atoms with Crippen molar-refractivity contribution in [3.05, 3.63) is 16.5 Å². The van der Waals surface area contributed by atoms with Crippen molar-refractivity contribution in [2.45, 2.75) is 27.7 Å². The summed E-state index contributed by atoms with van der Waals surface area (Å²) in [6.07, 6.45) is 0. The number of amides is 2. The maximum atomic E-state index is 11.8. The third kappa shape index (κ3) is 2.82. The van der Waals surface area contributed by atoms with Gasteiger partial charge >= 0.3 is 0 Å². The minimum atomic E-state index is -0.520. The largest absolute Gasteiger partial charge is 0.366 e. The molecular weight excluding hydrogens is 224 g/mol. The van der Waals surface area contributed by atoms with Gasteiger partial charge in [0.2, 0.25) is 5.91 Å². The summed E-state index contributed by atoms with van der Waals surface area (Å²) >= 11 is 1.35. The van der Waals surface area contributed by atoms with E-state index < -0.39 is 11.3 Å². The van der Waals surface area contributed by atoms with E-state index in [9.17, 15) is 9.59 Å². The standard InChI is InChI=1S/C11H16N2O2S/c1-6-5-7(8(12)14)9(16-6)13-10(15)11(2,3)4/h5H,1-4H3,(H2,12,14)(H,13,15). The molecule has 0 aromatic carbocycles. The van der Waals surface area contributed by atoms with Crippen LogP contribution in [0.5, 0.6) is 0 Å². The lowest BCUT2D eigenvalue weighted by Crippen LogP contribution is -2.28. The molecule has 0 unspecified atom stereocenters. The van der Waals surface area contributed by atoms with Gasteiger partial charge in [-0.05, 0) is 13.0 Å². The van der Waals surface area contributed by atoms with Crippen LogP contribution in [0.15, 0.2) is 6.07 Å². The van der Waals surface area contributed by atoms with E-state index in [0.717, 1.165) is 4.88 Å². The minimum Gasteiger partial charge on any atom is -0.366 e. The second-order valence-corrected chi connectivity index (χ2v) is 5.92. The molecule has 1 aromatic heterocycles. The Kier molecular flexibility index (Phi) is 3.38. The number of nitrogens with two attached hydrogens (primary N) is 1. The molecule has 16 heavy (non-hydrogen) atoms. The molecule has 2 amide bonds. The lowest BCUT2D eigenvalue weighted by molar-refractivity contribution is -0.123. The molecule has 1 rings (SSSR count). The Balaban J connectivity index is 2.98. The fourth-order valence-corrected chi connectivity index (χ4v) is 1.99. The molecule has 0 saturated heterocycles. The fraction of sp³-hybridized carbons (Fsp3) is 0.455. The number of carbonyl (C=O) groups is 2. The summed E-state index contributed by atoms with van der Waals surface area (Å²) < 4.78 is 0. The highest BCUT2D eigenvalue weighted by atomic mass is 32.1. The molecule has 1 heterocycles. The van der Waals surface area contributed by atoms with Crippen LogP contribution in [0.4, 0.5) is 5.00 Å². The van der Waals surface area contributed by atoms with Crippen molar-refractivity contribution in [2.24, 2.45) is 11.1 Å². The van der Waals surface area contributed by atoms with Crippen LogP contribution < -0.4 is 11.1 Å². The first-order valence-electron chi connectivity index (χ1n) is 4.93. The molecule has 5 heteroatoms. The summed E-state index contributed by atoms with van der Waals surface area (Å²) in [6, 6.07) is 1.69. The molecule has 0 bridgehead atoms. The number of nitrogens with one attached hydrogen (secondary N) is 1. The monoisotopic (exact) mass is 240 g/mol. The summed E-state index contributed by atoms with van der Waals surface area (Å²) in [5.74, 6) is -0.648. The predicted octanol–water partition coefficient (Wildman–Crippen LogP) is 2.14. The van der Waals surface area contributed by atoms with Gasteiger partial charge in [-0.25, -0.2) is 0 Å². The van der Waals surface area contributed by atoms with Crippen LogP contribution in [-0.4, -0.2) is 11.8 Å². The summed E-state index contributed by atoms with van der Waals surface area (Å²) in [4.78, 5) is 23.8. The van der Waals surface area contributed by atoms with Gasteiger partial charge in [0.05, 0.1) is 5.56 Å². The average molecular weight is 240 g/mol. The minimum absolute atomic E-state index is 0.128. The summed E-state index contributed by atoms with van der Waals surface area (Å²) in [7, 11) is 0. The smallest absolute Gasteiger partial charge is 0.251 e. The van der Waals surface area contributed by atoms with Crippen LogP contribution in [0.25, 0.3) is 0 Å². The first-order chi connectivity index (χ1) is 7.21. The molecule has 88 valence electrons. The molecule has 0 aliphatic heterocycles. The van der Waals surface area contributed by atoms with Crippen molar-refractivity contribution >= 4 is 28.2 Å². The van der Waals surface area contributed by atoms with Crippen molar-refractivity contribution in [3.8, 4) is 0 Å². The van der Waals surface area contributed by atoms with Gasteiger partial charge in [-0.3, -0.25) is 9.59 Å². The van der Waals surface area contributed by atoms with Crippen LogP contribution in [0.3, 0.4) is 0 Å². The summed E-state index contributed by atoms with van der Waals surface area (Å²) in [5, 5.41) is 3.26. The maximum Gasteiger partial charge on any atom is 0.251 e. The highest BCUT2D eigenvalue weighted by Crippen LogP contribution is 2.28. The lowest BCUT2D eigenvalue weighted by Gasteiger charge is -2.17. The van der Waals surface area contributed by atoms with Crippen molar-refractivity contribution in [1.82, 2.24) is 0 Å². The second kappa shape index (κ2) is 4.25. The second-order valence-electron chi connectivity index (χ2n) is 4.67. The van der Waals surface area contributed by atoms with Gasteiger partial charge in [0.25, 0.3) is 5.91 Å². The molecule has 4 nitrogen and oxygen atoms in total. The first kappa shape index (κ1) is 12.7.